The Kier molecular flexibility index (Phi) is 2.70. The number of aliphatic hydroxyl groups is 1. The molecule has 0 atom stereocenters. The van der Waals surface area contributed by atoms with Crippen molar-refractivity contribution in [2.45, 2.75) is 20.0 Å². The largest absolute Gasteiger partial charge is 0.390 e. The minimum Gasteiger partial charge on any atom is -0.390 e. The predicted molar refractivity (Wildman–Crippen MR) is 39.9 cm³/mol. The summed E-state index contributed by atoms with van der Waals surface area (Å²) in [6.45, 7) is 1.26. The molecule has 0 saturated carbocycles. The monoisotopic (exact) mass is 173 g/mol. The molecule has 1 aromatic rings. The maximum atomic E-state index is 12.2. The summed E-state index contributed by atoms with van der Waals surface area (Å²) in [7, 11) is 0. The van der Waals surface area contributed by atoms with Gasteiger partial charge in [-0.2, -0.15) is 0 Å². The normalized spacial score (nSPS) is 10.8. The van der Waals surface area contributed by atoms with E-state index < -0.39 is 6.43 Å². The molecule has 2 nitrogen and oxygen atoms in total. The molecule has 0 aromatic carbocycles. The zero-order valence-corrected chi connectivity index (χ0v) is 6.59. The van der Waals surface area contributed by atoms with E-state index in [0.717, 1.165) is 0 Å². The van der Waals surface area contributed by atoms with Crippen LogP contribution in [-0.4, -0.2) is 10.1 Å². The Bertz CT molecular complexity index is 276. The molecule has 0 aliphatic heterocycles. The van der Waals surface area contributed by atoms with Crippen LogP contribution >= 0.6 is 0 Å². The van der Waals surface area contributed by atoms with E-state index in [2.05, 4.69) is 4.98 Å². The summed E-state index contributed by atoms with van der Waals surface area (Å²) in [5.74, 6) is 0. The fraction of sp³-hybridized carbons (Fsp3) is 0.375. The van der Waals surface area contributed by atoms with Crippen LogP contribution in [0.3, 0.4) is 0 Å². The van der Waals surface area contributed by atoms with Crippen LogP contribution in [0.25, 0.3) is 0 Å². The first-order chi connectivity index (χ1) is 5.65. The van der Waals surface area contributed by atoms with Crippen molar-refractivity contribution < 1.29 is 13.9 Å². The molecule has 0 radical (unpaired) electrons. The first-order valence-corrected chi connectivity index (χ1v) is 3.49. The van der Waals surface area contributed by atoms with Gasteiger partial charge in [0.2, 0.25) is 0 Å². The summed E-state index contributed by atoms with van der Waals surface area (Å²) in [4.78, 5) is 3.76. The summed E-state index contributed by atoms with van der Waals surface area (Å²) < 4.78 is 24.5. The molecular formula is C8H9F2NO. The van der Waals surface area contributed by atoms with Crippen LogP contribution in [0.5, 0.6) is 0 Å². The molecule has 66 valence electrons. The highest BCUT2D eigenvalue weighted by atomic mass is 19.3. The SMILES string of the molecule is Cc1cnc(CO)cc1C(F)F. The second kappa shape index (κ2) is 3.58. The standard InChI is InChI=1S/C8H9F2NO/c1-5-3-11-6(4-12)2-7(5)8(9)10/h2-3,8,12H,4H2,1H3. The van der Waals surface area contributed by atoms with Crippen molar-refractivity contribution in [3.8, 4) is 0 Å². The van der Waals surface area contributed by atoms with Gasteiger partial charge in [0.25, 0.3) is 6.43 Å². The van der Waals surface area contributed by atoms with Crippen molar-refractivity contribution in [2.75, 3.05) is 0 Å². The molecule has 4 heteroatoms. The second-order valence-corrected chi connectivity index (χ2v) is 2.49. The van der Waals surface area contributed by atoms with Crippen molar-refractivity contribution in [2.24, 2.45) is 0 Å². The maximum absolute atomic E-state index is 12.2. The molecule has 0 spiro atoms. The second-order valence-electron chi connectivity index (χ2n) is 2.49. The number of rotatable bonds is 2. The molecule has 0 amide bonds. The number of nitrogens with zero attached hydrogens (tertiary/aromatic N) is 1. The maximum Gasteiger partial charge on any atom is 0.264 e. The van der Waals surface area contributed by atoms with E-state index >= 15 is 0 Å². The van der Waals surface area contributed by atoms with Gasteiger partial charge in [-0.1, -0.05) is 0 Å². The number of pyridine rings is 1. The van der Waals surface area contributed by atoms with Gasteiger partial charge in [0.05, 0.1) is 12.3 Å². The van der Waals surface area contributed by atoms with Gasteiger partial charge >= 0.3 is 0 Å². The lowest BCUT2D eigenvalue weighted by molar-refractivity contribution is 0.150. The van der Waals surface area contributed by atoms with Crippen molar-refractivity contribution in [1.29, 1.82) is 0 Å². The first kappa shape index (κ1) is 9.06. The molecule has 1 aromatic heterocycles. The summed E-state index contributed by atoms with van der Waals surface area (Å²) in [5.41, 5.74) is 0.659. The molecule has 1 N–H and O–H groups in total. The number of aryl methyl sites for hydroxylation is 1. The van der Waals surface area contributed by atoms with E-state index in [0.29, 0.717) is 5.56 Å². The Labute approximate surface area is 68.9 Å². The number of aliphatic hydroxyl groups excluding tert-OH is 1. The van der Waals surface area contributed by atoms with Gasteiger partial charge in [0, 0.05) is 11.8 Å². The van der Waals surface area contributed by atoms with Crippen molar-refractivity contribution >= 4 is 0 Å². The van der Waals surface area contributed by atoms with E-state index in [1.165, 1.54) is 12.3 Å². The average Bonchev–Trinajstić information content (AvgIpc) is 2.05. The lowest BCUT2D eigenvalue weighted by atomic mass is 10.1. The smallest absolute Gasteiger partial charge is 0.264 e. The van der Waals surface area contributed by atoms with E-state index in [1.54, 1.807) is 6.92 Å². The van der Waals surface area contributed by atoms with Crippen molar-refractivity contribution in [1.82, 2.24) is 4.98 Å². The minimum absolute atomic E-state index is 0.0611. The fourth-order valence-electron chi connectivity index (χ4n) is 0.906. The van der Waals surface area contributed by atoms with Crippen LogP contribution < -0.4 is 0 Å². The van der Waals surface area contributed by atoms with Crippen LogP contribution in [0.1, 0.15) is 23.2 Å². The van der Waals surface area contributed by atoms with E-state index in [-0.39, 0.29) is 17.9 Å². The molecule has 0 unspecified atom stereocenters. The lowest BCUT2D eigenvalue weighted by Crippen LogP contribution is -1.96. The van der Waals surface area contributed by atoms with Crippen LogP contribution in [0.15, 0.2) is 12.3 Å². The van der Waals surface area contributed by atoms with Gasteiger partial charge in [-0.15, -0.1) is 0 Å². The molecule has 0 bridgehead atoms. The Balaban J connectivity index is 3.08. The summed E-state index contributed by atoms with van der Waals surface area (Å²) in [6, 6.07) is 1.22. The van der Waals surface area contributed by atoms with Gasteiger partial charge in [-0.3, -0.25) is 4.98 Å². The Morgan fingerprint density at radius 3 is 2.75 bits per heavy atom. The number of alkyl halides is 2. The minimum atomic E-state index is -2.50. The summed E-state index contributed by atoms with van der Waals surface area (Å²) in [6.07, 6.45) is -1.16. The van der Waals surface area contributed by atoms with Gasteiger partial charge in [-0.25, -0.2) is 8.78 Å². The van der Waals surface area contributed by atoms with Gasteiger partial charge in [0.1, 0.15) is 0 Å². The number of hydrogen-bond donors (Lipinski definition) is 1. The van der Waals surface area contributed by atoms with Crippen LogP contribution in [0.2, 0.25) is 0 Å². The highest BCUT2D eigenvalue weighted by Crippen LogP contribution is 2.22. The third-order valence-electron chi connectivity index (χ3n) is 1.60. The summed E-state index contributed by atoms with van der Waals surface area (Å²) in [5, 5.41) is 8.63. The van der Waals surface area contributed by atoms with Crippen LogP contribution in [0.4, 0.5) is 8.78 Å². The van der Waals surface area contributed by atoms with E-state index in [9.17, 15) is 8.78 Å². The molecular weight excluding hydrogens is 164 g/mol. The summed E-state index contributed by atoms with van der Waals surface area (Å²) >= 11 is 0. The molecule has 12 heavy (non-hydrogen) atoms. The van der Waals surface area contributed by atoms with Gasteiger partial charge in [0.15, 0.2) is 0 Å². The molecule has 0 aliphatic rings. The fourth-order valence-corrected chi connectivity index (χ4v) is 0.906. The zero-order valence-electron chi connectivity index (χ0n) is 6.59. The Morgan fingerprint density at radius 1 is 1.58 bits per heavy atom. The highest BCUT2D eigenvalue weighted by molar-refractivity contribution is 5.26. The number of halogens is 2. The van der Waals surface area contributed by atoms with Crippen LogP contribution in [0, 0.1) is 6.92 Å². The Hall–Kier alpha value is -1.03. The predicted octanol–water partition coefficient (Wildman–Crippen LogP) is 1.82. The molecule has 1 heterocycles. The quantitative estimate of drug-likeness (QED) is 0.739. The zero-order chi connectivity index (χ0) is 9.14. The third-order valence-corrected chi connectivity index (χ3v) is 1.60. The molecule has 0 aliphatic carbocycles. The first-order valence-electron chi connectivity index (χ1n) is 3.49. The van der Waals surface area contributed by atoms with E-state index in [1.807, 2.05) is 0 Å². The highest BCUT2D eigenvalue weighted by Gasteiger charge is 2.11. The van der Waals surface area contributed by atoms with Gasteiger partial charge < -0.3 is 5.11 Å². The van der Waals surface area contributed by atoms with Crippen LogP contribution in [-0.2, 0) is 6.61 Å². The van der Waals surface area contributed by atoms with Gasteiger partial charge in [-0.05, 0) is 18.6 Å². The lowest BCUT2D eigenvalue weighted by Gasteiger charge is -2.04. The molecule has 0 saturated heterocycles. The van der Waals surface area contributed by atoms with Crippen molar-refractivity contribution in [3.63, 3.8) is 0 Å². The molecule has 0 fully saturated rings. The van der Waals surface area contributed by atoms with E-state index in [4.69, 9.17) is 5.11 Å². The number of hydrogen-bond acceptors (Lipinski definition) is 2. The van der Waals surface area contributed by atoms with Crippen molar-refractivity contribution in [3.05, 3.63) is 29.1 Å². The number of aromatic nitrogens is 1. The Morgan fingerprint density at radius 2 is 2.25 bits per heavy atom. The molecule has 1 rings (SSSR count). The topological polar surface area (TPSA) is 33.1 Å². The third kappa shape index (κ3) is 1.76. The average molecular weight is 173 g/mol.